The van der Waals surface area contributed by atoms with Gasteiger partial charge in [-0.1, -0.05) is 66.2 Å². The van der Waals surface area contributed by atoms with Crippen molar-refractivity contribution in [3.8, 4) is 0 Å². The summed E-state index contributed by atoms with van der Waals surface area (Å²) in [4.78, 5) is 11.5. The topological polar surface area (TPSA) is 41.1 Å². The van der Waals surface area contributed by atoms with Crippen molar-refractivity contribution in [2.24, 2.45) is 5.92 Å². The Bertz CT molecular complexity index is 219. The minimum atomic E-state index is 0.0832. The van der Waals surface area contributed by atoms with Gasteiger partial charge in [-0.05, 0) is 12.8 Å². The molecule has 0 spiro atoms. The first-order valence-electron chi connectivity index (χ1n) is 8.62. The van der Waals surface area contributed by atoms with Crippen LogP contribution in [-0.4, -0.2) is 25.0 Å². The van der Waals surface area contributed by atoms with E-state index in [2.05, 4.69) is 24.5 Å². The number of amides is 1. The molecule has 0 saturated heterocycles. The minimum Gasteiger partial charge on any atom is -0.355 e. The van der Waals surface area contributed by atoms with Crippen molar-refractivity contribution in [1.29, 1.82) is 0 Å². The van der Waals surface area contributed by atoms with Crippen molar-refractivity contribution in [2.45, 2.75) is 85.1 Å². The first-order valence-corrected chi connectivity index (χ1v) is 8.62. The first kappa shape index (κ1) is 19.4. The molecule has 20 heavy (non-hydrogen) atoms. The third kappa shape index (κ3) is 11.3. The van der Waals surface area contributed by atoms with E-state index in [1.54, 1.807) is 0 Å². The minimum absolute atomic E-state index is 0.0832. The predicted octanol–water partition coefficient (Wildman–Crippen LogP) is 3.88. The summed E-state index contributed by atoms with van der Waals surface area (Å²) in [5, 5.41) is 6.59. The van der Waals surface area contributed by atoms with Crippen molar-refractivity contribution in [1.82, 2.24) is 10.6 Å². The number of rotatable bonds is 13. The number of carbonyl (C=O) groups is 1. The SMILES string of the molecule is CCCCCC(CCCCC)NCCNC(=O)C(C)C. The fourth-order valence-electron chi connectivity index (χ4n) is 2.30. The molecule has 3 heteroatoms. The number of hydrogen-bond donors (Lipinski definition) is 2. The normalized spacial score (nSPS) is 11.3. The van der Waals surface area contributed by atoms with Gasteiger partial charge in [0.15, 0.2) is 0 Å². The van der Waals surface area contributed by atoms with Crippen LogP contribution in [0.1, 0.15) is 79.1 Å². The summed E-state index contributed by atoms with van der Waals surface area (Å²) in [7, 11) is 0. The molecule has 0 rings (SSSR count). The summed E-state index contributed by atoms with van der Waals surface area (Å²) in [5.74, 6) is 0.236. The Balaban J connectivity index is 3.80. The molecule has 0 aromatic heterocycles. The molecule has 0 fully saturated rings. The molecule has 0 aliphatic carbocycles. The lowest BCUT2D eigenvalue weighted by molar-refractivity contribution is -0.123. The van der Waals surface area contributed by atoms with E-state index in [1.165, 1.54) is 51.4 Å². The van der Waals surface area contributed by atoms with Crippen LogP contribution in [-0.2, 0) is 4.79 Å². The van der Waals surface area contributed by atoms with Gasteiger partial charge >= 0.3 is 0 Å². The smallest absolute Gasteiger partial charge is 0.222 e. The quantitative estimate of drug-likeness (QED) is 0.504. The summed E-state index contributed by atoms with van der Waals surface area (Å²) in [6.45, 7) is 10.0. The molecule has 0 bridgehead atoms. The van der Waals surface area contributed by atoms with Gasteiger partial charge in [0.25, 0.3) is 0 Å². The molecule has 0 atom stereocenters. The van der Waals surface area contributed by atoms with Crippen LogP contribution in [0.5, 0.6) is 0 Å². The van der Waals surface area contributed by atoms with Crippen LogP contribution < -0.4 is 10.6 Å². The van der Waals surface area contributed by atoms with Gasteiger partial charge < -0.3 is 10.6 Å². The highest BCUT2D eigenvalue weighted by Gasteiger charge is 2.08. The molecule has 0 aromatic rings. The van der Waals surface area contributed by atoms with Crippen LogP contribution in [0.15, 0.2) is 0 Å². The first-order chi connectivity index (χ1) is 9.61. The second kappa shape index (κ2) is 13.4. The van der Waals surface area contributed by atoms with E-state index in [9.17, 15) is 4.79 Å². The van der Waals surface area contributed by atoms with Gasteiger partial charge in [0.2, 0.25) is 5.91 Å². The zero-order chi connectivity index (χ0) is 15.2. The average molecular weight is 284 g/mol. The van der Waals surface area contributed by atoms with Crippen LogP contribution in [0.3, 0.4) is 0 Å². The Morgan fingerprint density at radius 3 is 1.90 bits per heavy atom. The zero-order valence-electron chi connectivity index (χ0n) is 14.1. The molecule has 0 heterocycles. The standard InChI is InChI=1S/C17H36N2O/c1-5-7-9-11-16(12-10-8-6-2)18-13-14-19-17(20)15(3)4/h15-16,18H,5-14H2,1-4H3,(H,19,20). The van der Waals surface area contributed by atoms with Gasteiger partial charge in [-0.2, -0.15) is 0 Å². The fraction of sp³-hybridized carbons (Fsp3) is 0.941. The zero-order valence-corrected chi connectivity index (χ0v) is 14.1. The molecule has 120 valence electrons. The van der Waals surface area contributed by atoms with Gasteiger partial charge in [-0.15, -0.1) is 0 Å². The molecule has 0 aromatic carbocycles. The van der Waals surface area contributed by atoms with E-state index < -0.39 is 0 Å². The predicted molar refractivity (Wildman–Crippen MR) is 87.9 cm³/mol. The lowest BCUT2D eigenvalue weighted by Gasteiger charge is -2.19. The van der Waals surface area contributed by atoms with Gasteiger partial charge in [0, 0.05) is 25.0 Å². The molecule has 3 nitrogen and oxygen atoms in total. The lowest BCUT2D eigenvalue weighted by atomic mass is 10.0. The maximum Gasteiger partial charge on any atom is 0.222 e. The van der Waals surface area contributed by atoms with E-state index in [0.29, 0.717) is 6.04 Å². The highest BCUT2D eigenvalue weighted by molar-refractivity contribution is 5.77. The van der Waals surface area contributed by atoms with Crippen LogP contribution in [0.4, 0.5) is 0 Å². The molecule has 2 N–H and O–H groups in total. The number of hydrogen-bond acceptors (Lipinski definition) is 2. The van der Waals surface area contributed by atoms with Gasteiger partial charge in [-0.3, -0.25) is 4.79 Å². The molecule has 1 amide bonds. The third-order valence-electron chi connectivity index (χ3n) is 3.69. The summed E-state index contributed by atoms with van der Waals surface area (Å²) in [5.41, 5.74) is 0. The Kier molecular flexibility index (Phi) is 13.0. The summed E-state index contributed by atoms with van der Waals surface area (Å²) < 4.78 is 0. The lowest BCUT2D eigenvalue weighted by Crippen LogP contribution is -2.38. The van der Waals surface area contributed by atoms with Gasteiger partial charge in [-0.25, -0.2) is 0 Å². The van der Waals surface area contributed by atoms with Crippen molar-refractivity contribution < 1.29 is 4.79 Å². The number of unbranched alkanes of at least 4 members (excludes halogenated alkanes) is 4. The second-order valence-corrected chi connectivity index (χ2v) is 6.09. The van der Waals surface area contributed by atoms with Crippen molar-refractivity contribution in [3.63, 3.8) is 0 Å². The van der Waals surface area contributed by atoms with E-state index in [4.69, 9.17) is 0 Å². The third-order valence-corrected chi connectivity index (χ3v) is 3.69. The van der Waals surface area contributed by atoms with E-state index in [-0.39, 0.29) is 11.8 Å². The maximum absolute atomic E-state index is 11.5. The average Bonchev–Trinajstić information content (AvgIpc) is 2.42. The highest BCUT2D eigenvalue weighted by Crippen LogP contribution is 2.10. The van der Waals surface area contributed by atoms with Crippen LogP contribution in [0.2, 0.25) is 0 Å². The second-order valence-electron chi connectivity index (χ2n) is 6.09. The molecular weight excluding hydrogens is 248 g/mol. The fourth-order valence-corrected chi connectivity index (χ4v) is 2.30. The van der Waals surface area contributed by atoms with Gasteiger partial charge in [0.1, 0.15) is 0 Å². The van der Waals surface area contributed by atoms with Crippen molar-refractivity contribution in [3.05, 3.63) is 0 Å². The monoisotopic (exact) mass is 284 g/mol. The Hall–Kier alpha value is -0.570. The molecule has 0 unspecified atom stereocenters. The molecule has 0 aliphatic heterocycles. The largest absolute Gasteiger partial charge is 0.355 e. The Morgan fingerprint density at radius 1 is 0.900 bits per heavy atom. The van der Waals surface area contributed by atoms with Crippen molar-refractivity contribution in [2.75, 3.05) is 13.1 Å². The molecule has 0 aliphatic rings. The van der Waals surface area contributed by atoms with E-state index in [0.717, 1.165) is 13.1 Å². The summed E-state index contributed by atoms with van der Waals surface area (Å²) in [6, 6.07) is 0.629. The van der Waals surface area contributed by atoms with E-state index in [1.807, 2.05) is 13.8 Å². The number of nitrogens with one attached hydrogen (secondary N) is 2. The Labute approximate surface area is 126 Å². The Morgan fingerprint density at radius 2 is 1.45 bits per heavy atom. The summed E-state index contributed by atoms with van der Waals surface area (Å²) >= 11 is 0. The highest BCUT2D eigenvalue weighted by atomic mass is 16.1. The summed E-state index contributed by atoms with van der Waals surface area (Å²) in [6.07, 6.45) is 10.4. The van der Waals surface area contributed by atoms with Crippen LogP contribution in [0.25, 0.3) is 0 Å². The van der Waals surface area contributed by atoms with Gasteiger partial charge in [0.05, 0.1) is 0 Å². The van der Waals surface area contributed by atoms with E-state index >= 15 is 0 Å². The van der Waals surface area contributed by atoms with Crippen LogP contribution in [0, 0.1) is 5.92 Å². The number of carbonyl (C=O) groups excluding carboxylic acids is 1. The van der Waals surface area contributed by atoms with Crippen LogP contribution >= 0.6 is 0 Å². The molecular formula is C17H36N2O. The van der Waals surface area contributed by atoms with Crippen molar-refractivity contribution >= 4 is 5.91 Å². The molecule has 0 saturated carbocycles. The molecule has 0 radical (unpaired) electrons. The maximum atomic E-state index is 11.5.